The Balaban J connectivity index is 2.65. The van der Waals surface area contributed by atoms with Crippen LogP contribution in [0, 0.1) is 0 Å². The largest absolute Gasteiger partial charge is 0.363 e. The molecule has 0 atom stereocenters. The molecule has 0 aliphatic heterocycles. The van der Waals surface area contributed by atoms with E-state index in [4.69, 9.17) is 4.52 Å². The number of hydrogen-bond donors (Lipinski definition) is 0. The second-order valence-electron chi connectivity index (χ2n) is 2.66. The van der Waals surface area contributed by atoms with Gasteiger partial charge < -0.3 is 4.52 Å². The molecule has 0 amide bonds. The number of aromatic nitrogens is 1. The second kappa shape index (κ2) is 2.81. The minimum Gasteiger partial charge on any atom is -0.363 e. The highest BCUT2D eigenvalue weighted by Gasteiger charge is 2.01. The predicted octanol–water partition coefficient (Wildman–Crippen LogP) is 2.56. The number of hydrogen-bond acceptors (Lipinski definition) is 2. The third kappa shape index (κ3) is 1.01. The van der Waals surface area contributed by atoms with Crippen LogP contribution in [0.5, 0.6) is 0 Å². The molecule has 1 heterocycles. The van der Waals surface area contributed by atoms with Crippen LogP contribution in [0.25, 0.3) is 10.9 Å². The molecule has 1 aromatic heterocycles. The van der Waals surface area contributed by atoms with E-state index in [0.717, 1.165) is 17.3 Å². The van der Waals surface area contributed by atoms with Gasteiger partial charge in [0.05, 0.1) is 0 Å². The zero-order chi connectivity index (χ0) is 8.39. The van der Waals surface area contributed by atoms with E-state index in [2.05, 4.69) is 17.8 Å². The van der Waals surface area contributed by atoms with Crippen LogP contribution in [0.2, 0.25) is 0 Å². The molecular formula is C10H9NO. The number of rotatable bonds is 2. The van der Waals surface area contributed by atoms with Gasteiger partial charge in [0.2, 0.25) is 0 Å². The van der Waals surface area contributed by atoms with E-state index < -0.39 is 0 Å². The summed E-state index contributed by atoms with van der Waals surface area (Å²) in [5, 5.41) is 4.93. The zero-order valence-electron chi connectivity index (χ0n) is 6.66. The lowest BCUT2D eigenvalue weighted by Gasteiger charge is -1.95. The summed E-state index contributed by atoms with van der Waals surface area (Å²) in [6.07, 6.45) is 4.41. The van der Waals surface area contributed by atoms with E-state index in [1.165, 1.54) is 5.56 Å². The molecule has 0 aliphatic rings. The van der Waals surface area contributed by atoms with Gasteiger partial charge in [-0.2, -0.15) is 0 Å². The summed E-state index contributed by atoms with van der Waals surface area (Å²) in [5.41, 5.74) is 2.12. The molecule has 0 bridgehead atoms. The summed E-state index contributed by atoms with van der Waals surface area (Å²) in [6, 6.07) is 5.97. The Morgan fingerprint density at radius 3 is 3.25 bits per heavy atom. The molecule has 0 saturated heterocycles. The van der Waals surface area contributed by atoms with Crippen molar-refractivity contribution in [1.29, 1.82) is 0 Å². The van der Waals surface area contributed by atoms with Gasteiger partial charge in [0.15, 0.2) is 0 Å². The molecule has 0 aliphatic carbocycles. The average molecular weight is 159 g/mol. The molecule has 0 N–H and O–H groups in total. The Morgan fingerprint density at radius 2 is 2.42 bits per heavy atom. The number of fused-ring (bicyclic) bond motifs is 1. The number of benzene rings is 1. The highest BCUT2D eigenvalue weighted by Crippen LogP contribution is 2.17. The van der Waals surface area contributed by atoms with E-state index in [9.17, 15) is 0 Å². The maximum absolute atomic E-state index is 4.87. The van der Waals surface area contributed by atoms with Crippen molar-refractivity contribution in [1.82, 2.24) is 5.16 Å². The van der Waals surface area contributed by atoms with E-state index in [1.54, 1.807) is 6.26 Å². The maximum atomic E-state index is 4.87. The molecule has 2 heteroatoms. The average Bonchev–Trinajstić information content (AvgIpc) is 2.53. The fraction of sp³-hybridized carbons (Fsp3) is 0.100. The normalized spacial score (nSPS) is 10.3. The van der Waals surface area contributed by atoms with Crippen molar-refractivity contribution in [3.8, 4) is 0 Å². The van der Waals surface area contributed by atoms with Crippen molar-refractivity contribution < 1.29 is 4.52 Å². The lowest BCUT2D eigenvalue weighted by atomic mass is 10.1. The van der Waals surface area contributed by atoms with Crippen LogP contribution in [-0.2, 0) is 6.42 Å². The molecule has 0 fully saturated rings. The highest BCUT2D eigenvalue weighted by molar-refractivity contribution is 5.81. The summed E-state index contributed by atoms with van der Waals surface area (Å²) < 4.78 is 4.87. The third-order valence-electron chi connectivity index (χ3n) is 1.86. The Kier molecular flexibility index (Phi) is 1.67. The van der Waals surface area contributed by atoms with E-state index >= 15 is 0 Å². The fourth-order valence-corrected chi connectivity index (χ4v) is 1.28. The molecular weight excluding hydrogens is 150 g/mol. The predicted molar refractivity (Wildman–Crippen MR) is 47.9 cm³/mol. The summed E-state index contributed by atoms with van der Waals surface area (Å²) >= 11 is 0. The lowest BCUT2D eigenvalue weighted by Crippen LogP contribution is -1.80. The van der Waals surface area contributed by atoms with Crippen molar-refractivity contribution in [2.24, 2.45) is 0 Å². The minimum atomic E-state index is 0.860. The van der Waals surface area contributed by atoms with Crippen LogP contribution >= 0.6 is 0 Å². The summed E-state index contributed by atoms with van der Waals surface area (Å²) in [4.78, 5) is 0. The van der Waals surface area contributed by atoms with Gasteiger partial charge in [-0.25, -0.2) is 0 Å². The molecule has 12 heavy (non-hydrogen) atoms. The van der Waals surface area contributed by atoms with Gasteiger partial charge in [0.1, 0.15) is 11.8 Å². The van der Waals surface area contributed by atoms with Gasteiger partial charge in [0, 0.05) is 5.39 Å². The van der Waals surface area contributed by atoms with E-state index in [0.29, 0.717) is 0 Å². The molecule has 2 nitrogen and oxygen atoms in total. The van der Waals surface area contributed by atoms with Gasteiger partial charge in [-0.05, 0) is 18.1 Å². The molecule has 2 aromatic rings. The van der Waals surface area contributed by atoms with Crippen molar-refractivity contribution in [2.75, 3.05) is 0 Å². The van der Waals surface area contributed by atoms with Crippen molar-refractivity contribution in [3.63, 3.8) is 0 Å². The quantitative estimate of drug-likeness (QED) is 0.629. The zero-order valence-corrected chi connectivity index (χ0v) is 6.66. The Morgan fingerprint density at radius 1 is 1.50 bits per heavy atom. The van der Waals surface area contributed by atoms with Crippen molar-refractivity contribution >= 4 is 10.9 Å². The lowest BCUT2D eigenvalue weighted by molar-refractivity contribution is 0.428. The summed E-state index contributed by atoms with van der Waals surface area (Å²) in [6.45, 7) is 3.70. The van der Waals surface area contributed by atoms with Crippen molar-refractivity contribution in [2.45, 2.75) is 6.42 Å². The van der Waals surface area contributed by atoms with Gasteiger partial charge in [-0.1, -0.05) is 23.4 Å². The van der Waals surface area contributed by atoms with Crippen molar-refractivity contribution in [3.05, 3.63) is 42.7 Å². The van der Waals surface area contributed by atoms with E-state index in [1.807, 2.05) is 18.2 Å². The van der Waals surface area contributed by atoms with Gasteiger partial charge in [-0.3, -0.25) is 0 Å². The maximum Gasteiger partial charge on any atom is 0.131 e. The minimum absolute atomic E-state index is 0.860. The molecule has 60 valence electrons. The van der Waals surface area contributed by atoms with Crippen LogP contribution < -0.4 is 0 Å². The topological polar surface area (TPSA) is 26.0 Å². The standard InChI is InChI=1S/C10H9NO/c1-2-4-8-5-3-6-10-9(8)7-12-11-10/h2-3,5-7H,1,4H2. The van der Waals surface area contributed by atoms with E-state index in [-0.39, 0.29) is 0 Å². The first-order chi connectivity index (χ1) is 5.92. The Labute approximate surface area is 70.5 Å². The molecule has 0 radical (unpaired) electrons. The SMILES string of the molecule is C=CCc1cccc2nocc12. The first kappa shape index (κ1) is 7.10. The first-order valence-electron chi connectivity index (χ1n) is 3.84. The summed E-state index contributed by atoms with van der Waals surface area (Å²) in [7, 11) is 0. The number of allylic oxidation sites excluding steroid dienone is 1. The molecule has 0 spiro atoms. The van der Waals surface area contributed by atoms with Crippen LogP contribution in [0.4, 0.5) is 0 Å². The molecule has 0 saturated carbocycles. The van der Waals surface area contributed by atoms with Crippen LogP contribution in [0.15, 0.2) is 41.6 Å². The fourth-order valence-electron chi connectivity index (χ4n) is 1.28. The molecule has 0 unspecified atom stereocenters. The second-order valence-corrected chi connectivity index (χ2v) is 2.66. The first-order valence-corrected chi connectivity index (χ1v) is 3.84. The molecule has 2 rings (SSSR count). The monoisotopic (exact) mass is 159 g/mol. The number of nitrogens with zero attached hydrogens (tertiary/aromatic N) is 1. The molecule has 1 aromatic carbocycles. The Hall–Kier alpha value is -1.57. The van der Waals surface area contributed by atoms with Gasteiger partial charge in [0.25, 0.3) is 0 Å². The summed E-state index contributed by atoms with van der Waals surface area (Å²) in [5.74, 6) is 0. The third-order valence-corrected chi connectivity index (χ3v) is 1.86. The van der Waals surface area contributed by atoms with Crippen LogP contribution in [-0.4, -0.2) is 5.16 Å². The van der Waals surface area contributed by atoms with Gasteiger partial charge >= 0.3 is 0 Å². The van der Waals surface area contributed by atoms with Gasteiger partial charge in [-0.15, -0.1) is 6.58 Å². The highest BCUT2D eigenvalue weighted by atomic mass is 16.5. The van der Waals surface area contributed by atoms with Crippen LogP contribution in [0.3, 0.4) is 0 Å². The van der Waals surface area contributed by atoms with Crippen LogP contribution in [0.1, 0.15) is 5.56 Å². The Bertz CT molecular complexity index is 403. The smallest absolute Gasteiger partial charge is 0.131 e.